The third kappa shape index (κ3) is 3.45. The molecule has 0 spiro atoms. The van der Waals surface area contributed by atoms with Crippen molar-refractivity contribution in [1.82, 2.24) is 10.2 Å². The van der Waals surface area contributed by atoms with Gasteiger partial charge in [-0.15, -0.1) is 0 Å². The van der Waals surface area contributed by atoms with E-state index in [1.54, 1.807) is 0 Å². The molecule has 2 fully saturated rings. The summed E-state index contributed by atoms with van der Waals surface area (Å²) >= 11 is 0. The minimum absolute atomic E-state index is 0.387. The van der Waals surface area contributed by atoms with Crippen LogP contribution in [0.15, 0.2) is 0 Å². The van der Waals surface area contributed by atoms with E-state index < -0.39 is 0 Å². The topological polar surface area (TPSA) is 15.3 Å². The van der Waals surface area contributed by atoms with Crippen LogP contribution in [0.25, 0.3) is 0 Å². The summed E-state index contributed by atoms with van der Waals surface area (Å²) in [6, 6.07) is 0. The third-order valence-electron chi connectivity index (χ3n) is 5.20. The lowest BCUT2D eigenvalue weighted by Crippen LogP contribution is -2.55. The summed E-state index contributed by atoms with van der Waals surface area (Å²) in [6.07, 6.45) is 8.25. The van der Waals surface area contributed by atoms with Gasteiger partial charge in [0, 0.05) is 12.1 Å². The first-order valence-corrected chi connectivity index (χ1v) is 7.53. The highest BCUT2D eigenvalue weighted by atomic mass is 15.2. The van der Waals surface area contributed by atoms with Crippen LogP contribution in [0.3, 0.4) is 0 Å². The first kappa shape index (κ1) is 13.4. The maximum atomic E-state index is 3.74. The van der Waals surface area contributed by atoms with Crippen molar-refractivity contribution in [3.8, 4) is 0 Å². The van der Waals surface area contributed by atoms with E-state index in [0.29, 0.717) is 11.0 Å². The second-order valence-electron chi connectivity index (χ2n) is 6.88. The van der Waals surface area contributed by atoms with Crippen LogP contribution in [0.2, 0.25) is 0 Å². The van der Waals surface area contributed by atoms with Gasteiger partial charge in [0.1, 0.15) is 0 Å². The summed E-state index contributed by atoms with van der Waals surface area (Å²) in [5.41, 5.74) is 1.01. The number of hydrogen-bond acceptors (Lipinski definition) is 2. The van der Waals surface area contributed by atoms with E-state index in [-0.39, 0.29) is 0 Å². The van der Waals surface area contributed by atoms with Gasteiger partial charge in [0.15, 0.2) is 0 Å². The Morgan fingerprint density at radius 1 is 1.06 bits per heavy atom. The molecular weight excluding hydrogens is 208 g/mol. The Morgan fingerprint density at radius 2 is 1.76 bits per heavy atom. The fourth-order valence-electron chi connectivity index (χ4n) is 3.35. The Hall–Kier alpha value is -0.0800. The van der Waals surface area contributed by atoms with Crippen LogP contribution in [0, 0.1) is 5.41 Å². The summed E-state index contributed by atoms with van der Waals surface area (Å²) in [7, 11) is 0. The molecule has 2 rings (SSSR count). The first-order chi connectivity index (χ1) is 8.05. The fourth-order valence-corrected chi connectivity index (χ4v) is 3.35. The molecule has 0 amide bonds. The molecule has 0 bridgehead atoms. The Labute approximate surface area is 107 Å². The minimum Gasteiger partial charge on any atom is -0.310 e. The maximum Gasteiger partial charge on any atom is 0.0280 e. The van der Waals surface area contributed by atoms with Gasteiger partial charge in [-0.1, -0.05) is 26.7 Å². The van der Waals surface area contributed by atoms with Gasteiger partial charge in [-0.2, -0.15) is 0 Å². The monoisotopic (exact) mass is 238 g/mol. The van der Waals surface area contributed by atoms with Gasteiger partial charge < -0.3 is 10.2 Å². The molecule has 0 aromatic heterocycles. The van der Waals surface area contributed by atoms with Gasteiger partial charge >= 0.3 is 0 Å². The molecule has 2 saturated heterocycles. The van der Waals surface area contributed by atoms with Crippen molar-refractivity contribution in [3.63, 3.8) is 0 Å². The Bertz CT molecular complexity index is 235. The number of rotatable bonds is 3. The fraction of sp³-hybridized carbons (Fsp3) is 1.00. The average molecular weight is 238 g/mol. The molecule has 0 saturated carbocycles. The molecule has 17 heavy (non-hydrogen) atoms. The zero-order valence-corrected chi connectivity index (χ0v) is 12.0. The summed E-state index contributed by atoms with van der Waals surface area (Å²) in [4.78, 5) is 2.69. The lowest BCUT2D eigenvalue weighted by molar-refractivity contribution is 0.0821. The zero-order valence-electron chi connectivity index (χ0n) is 12.0. The minimum atomic E-state index is 0.387. The van der Waals surface area contributed by atoms with Crippen molar-refractivity contribution in [1.29, 1.82) is 0 Å². The van der Waals surface area contributed by atoms with Crippen LogP contribution in [0.5, 0.6) is 0 Å². The third-order valence-corrected chi connectivity index (χ3v) is 5.20. The highest BCUT2D eigenvalue weighted by Crippen LogP contribution is 2.34. The predicted octanol–water partition coefficient (Wildman–Crippen LogP) is 3.03. The van der Waals surface area contributed by atoms with Crippen LogP contribution in [0.4, 0.5) is 0 Å². The molecule has 2 aliphatic rings. The summed E-state index contributed by atoms with van der Waals surface area (Å²) in [6.45, 7) is 12.3. The van der Waals surface area contributed by atoms with E-state index in [2.05, 4.69) is 31.0 Å². The highest BCUT2D eigenvalue weighted by molar-refractivity contribution is 4.91. The van der Waals surface area contributed by atoms with E-state index >= 15 is 0 Å². The predicted molar refractivity (Wildman–Crippen MR) is 74.3 cm³/mol. The van der Waals surface area contributed by atoms with Crippen LogP contribution in [-0.2, 0) is 0 Å². The molecule has 0 aromatic rings. The normalized spacial score (nSPS) is 34.8. The number of likely N-dealkylation sites (tertiary alicyclic amines) is 1. The number of nitrogens with zero attached hydrogens (tertiary/aromatic N) is 1. The number of hydrogen-bond donors (Lipinski definition) is 1. The molecule has 2 aliphatic heterocycles. The van der Waals surface area contributed by atoms with Crippen molar-refractivity contribution < 1.29 is 0 Å². The summed E-state index contributed by atoms with van der Waals surface area (Å²) < 4.78 is 0. The van der Waals surface area contributed by atoms with Crippen molar-refractivity contribution >= 4 is 0 Å². The van der Waals surface area contributed by atoms with Gasteiger partial charge in [-0.05, 0) is 57.7 Å². The van der Waals surface area contributed by atoms with Crippen LogP contribution in [0.1, 0.15) is 59.3 Å². The standard InChI is InChI=1S/C15H30N2/c1-4-14(2)8-11-17(12-9-14)13-15(3)7-5-6-10-16-15/h16H,4-13H2,1-3H3. The van der Waals surface area contributed by atoms with Crippen LogP contribution in [-0.4, -0.2) is 36.6 Å². The van der Waals surface area contributed by atoms with Crippen molar-refractivity contribution in [2.75, 3.05) is 26.2 Å². The molecule has 2 heterocycles. The van der Waals surface area contributed by atoms with E-state index in [0.717, 1.165) is 0 Å². The second kappa shape index (κ2) is 5.27. The summed E-state index contributed by atoms with van der Waals surface area (Å²) in [5.74, 6) is 0. The van der Waals surface area contributed by atoms with Crippen molar-refractivity contribution in [3.05, 3.63) is 0 Å². The largest absolute Gasteiger partial charge is 0.310 e. The van der Waals surface area contributed by atoms with Gasteiger partial charge in [-0.3, -0.25) is 0 Å². The Balaban J connectivity index is 1.81. The smallest absolute Gasteiger partial charge is 0.0280 e. The van der Waals surface area contributed by atoms with Gasteiger partial charge in [-0.25, -0.2) is 0 Å². The Morgan fingerprint density at radius 3 is 2.29 bits per heavy atom. The molecule has 2 nitrogen and oxygen atoms in total. The lowest BCUT2D eigenvalue weighted by Gasteiger charge is -2.44. The number of nitrogens with one attached hydrogen (secondary N) is 1. The van der Waals surface area contributed by atoms with E-state index in [1.165, 1.54) is 64.7 Å². The van der Waals surface area contributed by atoms with Gasteiger partial charge in [0.25, 0.3) is 0 Å². The Kier molecular flexibility index (Phi) is 4.14. The van der Waals surface area contributed by atoms with E-state index in [9.17, 15) is 0 Å². The van der Waals surface area contributed by atoms with Crippen molar-refractivity contribution in [2.45, 2.75) is 64.8 Å². The average Bonchev–Trinajstić information content (AvgIpc) is 2.33. The first-order valence-electron chi connectivity index (χ1n) is 7.53. The molecule has 2 heteroatoms. The van der Waals surface area contributed by atoms with Gasteiger partial charge in [0.05, 0.1) is 0 Å². The van der Waals surface area contributed by atoms with Crippen LogP contribution < -0.4 is 5.32 Å². The molecule has 0 radical (unpaired) electrons. The van der Waals surface area contributed by atoms with Crippen molar-refractivity contribution in [2.24, 2.45) is 5.41 Å². The van der Waals surface area contributed by atoms with Crippen LogP contribution >= 0.6 is 0 Å². The number of piperidine rings is 2. The summed E-state index contributed by atoms with van der Waals surface area (Å²) in [5, 5.41) is 3.74. The molecule has 1 N–H and O–H groups in total. The molecule has 0 aromatic carbocycles. The zero-order chi connectivity index (χ0) is 12.4. The highest BCUT2D eigenvalue weighted by Gasteiger charge is 2.33. The molecule has 1 unspecified atom stereocenters. The van der Waals surface area contributed by atoms with E-state index in [1.807, 2.05) is 0 Å². The van der Waals surface area contributed by atoms with E-state index in [4.69, 9.17) is 0 Å². The second-order valence-corrected chi connectivity index (χ2v) is 6.88. The molecule has 1 atom stereocenters. The SMILES string of the molecule is CCC1(C)CCN(CC2(C)CCCCN2)CC1. The molecular formula is C15H30N2. The molecule has 100 valence electrons. The van der Waals surface area contributed by atoms with Gasteiger partial charge in [0.2, 0.25) is 0 Å². The lowest BCUT2D eigenvalue weighted by atomic mass is 9.78. The maximum absolute atomic E-state index is 3.74. The quantitative estimate of drug-likeness (QED) is 0.813. The molecule has 0 aliphatic carbocycles.